The van der Waals surface area contributed by atoms with Crippen LogP contribution in [-0.4, -0.2) is 6.54 Å². The number of rotatable bonds is 2. The second-order valence-corrected chi connectivity index (χ2v) is 3.80. The van der Waals surface area contributed by atoms with Crippen molar-refractivity contribution < 1.29 is 13.2 Å². The minimum atomic E-state index is -4.30. The lowest BCUT2D eigenvalue weighted by Gasteiger charge is -2.09. The van der Waals surface area contributed by atoms with Gasteiger partial charge < -0.3 is 5.73 Å². The van der Waals surface area contributed by atoms with Crippen molar-refractivity contribution >= 4 is 28.3 Å². The molecule has 86 valence electrons. The van der Waals surface area contributed by atoms with E-state index < -0.39 is 11.7 Å². The van der Waals surface area contributed by atoms with Gasteiger partial charge in [0.2, 0.25) is 0 Å². The molecule has 0 saturated heterocycles. The average Bonchev–Trinajstić information content (AvgIpc) is 2.02. The third kappa shape index (κ3) is 4.40. The van der Waals surface area contributed by atoms with Crippen LogP contribution in [-0.2, 0) is 12.6 Å². The minimum Gasteiger partial charge on any atom is -0.330 e. The second-order valence-electron chi connectivity index (χ2n) is 2.88. The van der Waals surface area contributed by atoms with Crippen LogP contribution in [0.5, 0.6) is 0 Å². The van der Waals surface area contributed by atoms with E-state index in [-0.39, 0.29) is 12.4 Å². The molecule has 6 heteroatoms. The Balaban J connectivity index is 0.00000196. The molecule has 0 bridgehead atoms. The molecule has 0 radical (unpaired) electrons. The molecule has 0 aliphatic heterocycles. The number of halogens is 5. The zero-order valence-electron chi connectivity index (χ0n) is 7.64. The maximum Gasteiger partial charge on any atom is 0.416 e. The van der Waals surface area contributed by atoms with Gasteiger partial charge >= 0.3 is 6.18 Å². The average molecular weight is 305 g/mol. The van der Waals surface area contributed by atoms with E-state index in [0.717, 1.165) is 12.1 Å². The van der Waals surface area contributed by atoms with Crippen LogP contribution in [0.2, 0.25) is 0 Å². The molecule has 0 fully saturated rings. The first kappa shape index (κ1) is 14.7. The molecule has 0 unspecified atom stereocenters. The molecule has 0 aliphatic rings. The van der Waals surface area contributed by atoms with E-state index in [2.05, 4.69) is 15.9 Å². The molecule has 0 heterocycles. The Morgan fingerprint density at radius 3 is 2.27 bits per heavy atom. The van der Waals surface area contributed by atoms with E-state index in [9.17, 15) is 13.2 Å². The van der Waals surface area contributed by atoms with E-state index in [4.69, 9.17) is 5.73 Å². The van der Waals surface area contributed by atoms with Gasteiger partial charge in [0.1, 0.15) is 0 Å². The fourth-order valence-electron chi connectivity index (χ4n) is 1.13. The highest BCUT2D eigenvalue weighted by Gasteiger charge is 2.30. The van der Waals surface area contributed by atoms with Crippen LogP contribution < -0.4 is 5.73 Å². The van der Waals surface area contributed by atoms with Crippen LogP contribution in [0.4, 0.5) is 13.2 Å². The molecular weight excluding hydrogens is 294 g/mol. The summed E-state index contributed by atoms with van der Waals surface area (Å²) >= 11 is 3.03. The molecule has 0 amide bonds. The first-order chi connectivity index (χ1) is 6.43. The van der Waals surface area contributed by atoms with Gasteiger partial charge in [-0.1, -0.05) is 15.9 Å². The number of nitrogens with two attached hydrogens (primary N) is 1. The molecule has 1 nitrogen and oxygen atoms in total. The first-order valence-electron chi connectivity index (χ1n) is 4.00. The Kier molecular flexibility index (Phi) is 5.62. The van der Waals surface area contributed by atoms with Gasteiger partial charge in [-0.05, 0) is 36.7 Å². The molecule has 0 atom stereocenters. The predicted octanol–water partition coefficient (Wildman–Crippen LogP) is 3.39. The molecule has 15 heavy (non-hydrogen) atoms. The van der Waals surface area contributed by atoms with E-state index in [0.29, 0.717) is 23.0 Å². The Bertz CT molecular complexity index is 328. The van der Waals surface area contributed by atoms with Crippen molar-refractivity contribution in [3.05, 3.63) is 33.8 Å². The van der Waals surface area contributed by atoms with E-state index in [1.165, 1.54) is 0 Å². The molecule has 1 aromatic rings. The van der Waals surface area contributed by atoms with Crippen molar-refractivity contribution in [3.8, 4) is 0 Å². The topological polar surface area (TPSA) is 26.0 Å². The molecule has 0 saturated carbocycles. The van der Waals surface area contributed by atoms with Crippen LogP contribution in [0.15, 0.2) is 22.7 Å². The largest absolute Gasteiger partial charge is 0.416 e. The van der Waals surface area contributed by atoms with Crippen molar-refractivity contribution in [2.45, 2.75) is 12.6 Å². The molecule has 2 N–H and O–H groups in total. The van der Waals surface area contributed by atoms with Crippen LogP contribution in [0.1, 0.15) is 11.1 Å². The number of alkyl halides is 3. The smallest absolute Gasteiger partial charge is 0.330 e. The van der Waals surface area contributed by atoms with E-state index in [1.807, 2.05) is 0 Å². The van der Waals surface area contributed by atoms with Gasteiger partial charge in [-0.25, -0.2) is 0 Å². The fraction of sp³-hybridized carbons (Fsp3) is 0.333. The summed E-state index contributed by atoms with van der Waals surface area (Å²) in [5.74, 6) is 0. The number of benzene rings is 1. The molecular formula is C9H10BrClF3N. The van der Waals surface area contributed by atoms with Gasteiger partial charge in [0, 0.05) is 4.47 Å². The van der Waals surface area contributed by atoms with Gasteiger partial charge in [-0.3, -0.25) is 0 Å². The summed E-state index contributed by atoms with van der Waals surface area (Å²) in [4.78, 5) is 0. The van der Waals surface area contributed by atoms with Gasteiger partial charge in [-0.2, -0.15) is 13.2 Å². The van der Waals surface area contributed by atoms with Crippen molar-refractivity contribution in [2.75, 3.05) is 6.54 Å². The monoisotopic (exact) mass is 303 g/mol. The van der Waals surface area contributed by atoms with Gasteiger partial charge in [0.15, 0.2) is 0 Å². The van der Waals surface area contributed by atoms with Crippen LogP contribution in [0.3, 0.4) is 0 Å². The number of hydrogen-bond acceptors (Lipinski definition) is 1. The van der Waals surface area contributed by atoms with E-state index >= 15 is 0 Å². The maximum absolute atomic E-state index is 12.3. The second kappa shape index (κ2) is 5.72. The standard InChI is InChI=1S/C9H9BrF3N.ClH/c10-8-4-6(1-2-14)3-7(5-8)9(11,12)13;/h3-5H,1-2,14H2;1H. The third-order valence-corrected chi connectivity index (χ3v) is 2.18. The lowest BCUT2D eigenvalue weighted by atomic mass is 10.1. The Morgan fingerprint density at radius 1 is 1.20 bits per heavy atom. The molecule has 0 aliphatic carbocycles. The van der Waals surface area contributed by atoms with E-state index in [1.54, 1.807) is 6.07 Å². The molecule has 0 spiro atoms. The third-order valence-electron chi connectivity index (χ3n) is 1.72. The first-order valence-corrected chi connectivity index (χ1v) is 4.79. The van der Waals surface area contributed by atoms with Crippen molar-refractivity contribution in [1.82, 2.24) is 0 Å². The van der Waals surface area contributed by atoms with Crippen LogP contribution in [0, 0.1) is 0 Å². The lowest BCUT2D eigenvalue weighted by Crippen LogP contribution is -2.08. The minimum absolute atomic E-state index is 0. The summed E-state index contributed by atoms with van der Waals surface area (Å²) in [6.45, 7) is 0.341. The molecule has 1 aromatic carbocycles. The summed E-state index contributed by atoms with van der Waals surface area (Å²) in [6.07, 6.45) is -3.85. The van der Waals surface area contributed by atoms with Gasteiger partial charge in [0.05, 0.1) is 5.56 Å². The van der Waals surface area contributed by atoms with Crippen molar-refractivity contribution in [3.63, 3.8) is 0 Å². The zero-order chi connectivity index (χ0) is 10.8. The summed E-state index contributed by atoms with van der Waals surface area (Å²) < 4.78 is 37.4. The summed E-state index contributed by atoms with van der Waals surface area (Å²) in [6, 6.07) is 3.82. The van der Waals surface area contributed by atoms with Gasteiger partial charge in [0.25, 0.3) is 0 Å². The van der Waals surface area contributed by atoms with Gasteiger partial charge in [-0.15, -0.1) is 12.4 Å². The Morgan fingerprint density at radius 2 is 1.80 bits per heavy atom. The Labute approximate surface area is 100 Å². The highest BCUT2D eigenvalue weighted by molar-refractivity contribution is 9.10. The zero-order valence-corrected chi connectivity index (χ0v) is 10.0. The molecule has 0 aromatic heterocycles. The lowest BCUT2D eigenvalue weighted by molar-refractivity contribution is -0.137. The fourth-order valence-corrected chi connectivity index (χ4v) is 1.67. The summed E-state index contributed by atoms with van der Waals surface area (Å²) in [5.41, 5.74) is 5.22. The number of hydrogen-bond donors (Lipinski definition) is 1. The normalized spacial score (nSPS) is 11.0. The molecule has 1 rings (SSSR count). The maximum atomic E-state index is 12.3. The Hall–Kier alpha value is -0.260. The van der Waals surface area contributed by atoms with Crippen molar-refractivity contribution in [2.24, 2.45) is 5.73 Å². The van der Waals surface area contributed by atoms with Crippen molar-refractivity contribution in [1.29, 1.82) is 0 Å². The highest BCUT2D eigenvalue weighted by atomic mass is 79.9. The predicted molar refractivity (Wildman–Crippen MR) is 59.2 cm³/mol. The summed E-state index contributed by atoms with van der Waals surface area (Å²) in [7, 11) is 0. The summed E-state index contributed by atoms with van der Waals surface area (Å²) in [5, 5.41) is 0. The SMILES string of the molecule is Cl.NCCc1cc(Br)cc(C(F)(F)F)c1. The van der Waals surface area contributed by atoms with Crippen LogP contribution >= 0.6 is 28.3 Å². The highest BCUT2D eigenvalue weighted by Crippen LogP contribution is 2.31. The van der Waals surface area contributed by atoms with Crippen LogP contribution in [0.25, 0.3) is 0 Å². The quantitative estimate of drug-likeness (QED) is 0.890.